The number of carbonyl (C=O) groups excluding carboxylic acids is 2. The zero-order chi connectivity index (χ0) is 19.6. The van der Waals surface area contributed by atoms with Crippen LogP contribution in [0.5, 0.6) is 5.75 Å². The monoisotopic (exact) mass is 374 g/mol. The molecule has 0 aromatic heterocycles. The van der Waals surface area contributed by atoms with E-state index in [1.807, 2.05) is 36.1 Å². The molecular weight excluding hydrogens is 340 g/mol. The quantitative estimate of drug-likeness (QED) is 0.673. The Labute approximate surface area is 163 Å². The van der Waals surface area contributed by atoms with Crippen molar-refractivity contribution in [2.24, 2.45) is 5.92 Å². The van der Waals surface area contributed by atoms with Crippen molar-refractivity contribution >= 4 is 11.8 Å². The number of benzene rings is 1. The summed E-state index contributed by atoms with van der Waals surface area (Å²) in [4.78, 5) is 27.1. The van der Waals surface area contributed by atoms with E-state index < -0.39 is 0 Å². The molecule has 1 fully saturated rings. The summed E-state index contributed by atoms with van der Waals surface area (Å²) in [7, 11) is 0. The van der Waals surface area contributed by atoms with Crippen molar-refractivity contribution in [1.82, 2.24) is 10.2 Å². The molecule has 1 N–H and O–H groups in total. The largest absolute Gasteiger partial charge is 0.494 e. The minimum atomic E-state index is -0.0854. The molecule has 150 valence electrons. The van der Waals surface area contributed by atoms with Gasteiger partial charge in [0.15, 0.2) is 0 Å². The number of nitrogens with one attached hydrogen (secondary N) is 1. The van der Waals surface area contributed by atoms with E-state index in [1.54, 1.807) is 0 Å². The smallest absolute Gasteiger partial charge is 0.224 e. The first-order valence-electron chi connectivity index (χ1n) is 10.3. The second kappa shape index (κ2) is 11.0. The van der Waals surface area contributed by atoms with E-state index in [-0.39, 0.29) is 23.8 Å². The maximum absolute atomic E-state index is 12.8. The molecule has 0 radical (unpaired) electrons. The van der Waals surface area contributed by atoms with Crippen LogP contribution in [-0.4, -0.2) is 42.5 Å². The van der Waals surface area contributed by atoms with E-state index in [0.717, 1.165) is 43.5 Å². The van der Waals surface area contributed by atoms with Crippen LogP contribution in [0.4, 0.5) is 0 Å². The van der Waals surface area contributed by atoms with Crippen molar-refractivity contribution in [1.29, 1.82) is 0 Å². The van der Waals surface area contributed by atoms with Crippen LogP contribution in [0.1, 0.15) is 58.4 Å². The second-order valence-corrected chi connectivity index (χ2v) is 7.35. The van der Waals surface area contributed by atoms with Gasteiger partial charge in [-0.3, -0.25) is 9.59 Å². The molecule has 0 aliphatic carbocycles. The topological polar surface area (TPSA) is 58.6 Å². The molecule has 2 amide bonds. The number of aryl methyl sites for hydroxylation is 1. The summed E-state index contributed by atoms with van der Waals surface area (Å²) in [5, 5.41) is 3.01. The first-order valence-corrected chi connectivity index (χ1v) is 10.3. The zero-order valence-corrected chi connectivity index (χ0v) is 17.0. The number of rotatable bonds is 9. The fraction of sp³-hybridized carbons (Fsp3) is 0.636. The molecular formula is C22H34N2O3. The van der Waals surface area contributed by atoms with Gasteiger partial charge in [0, 0.05) is 25.6 Å². The summed E-state index contributed by atoms with van der Waals surface area (Å²) in [5.41, 5.74) is 1.06. The number of likely N-dealkylation sites (tertiary alicyclic amines) is 1. The van der Waals surface area contributed by atoms with Crippen LogP contribution in [0.25, 0.3) is 0 Å². The highest BCUT2D eigenvalue weighted by Crippen LogP contribution is 2.24. The molecule has 5 heteroatoms. The third kappa shape index (κ3) is 6.26. The summed E-state index contributed by atoms with van der Waals surface area (Å²) in [6.45, 7) is 8.02. The lowest BCUT2D eigenvalue weighted by atomic mass is 9.92. The van der Waals surface area contributed by atoms with Crippen molar-refractivity contribution in [2.45, 2.75) is 65.3 Å². The number of nitrogens with zero attached hydrogens (tertiary/aromatic N) is 1. The van der Waals surface area contributed by atoms with Crippen LogP contribution in [0.15, 0.2) is 24.3 Å². The van der Waals surface area contributed by atoms with Gasteiger partial charge in [-0.2, -0.15) is 0 Å². The van der Waals surface area contributed by atoms with Crippen LogP contribution in [-0.2, 0) is 16.0 Å². The SMILES string of the molecule is CCCCNC(=O)C1CCC(C)N(C(=O)CCc2ccccc2OCC)C1. The van der Waals surface area contributed by atoms with Crippen molar-refractivity contribution in [3.63, 3.8) is 0 Å². The summed E-state index contributed by atoms with van der Waals surface area (Å²) >= 11 is 0. The fourth-order valence-corrected chi connectivity index (χ4v) is 3.59. The first kappa shape index (κ1) is 21.3. The molecule has 1 saturated heterocycles. The minimum Gasteiger partial charge on any atom is -0.494 e. The van der Waals surface area contributed by atoms with Crippen molar-refractivity contribution in [3.05, 3.63) is 29.8 Å². The molecule has 2 rings (SSSR count). The molecule has 1 aliphatic rings. The lowest BCUT2D eigenvalue weighted by Crippen LogP contribution is -2.49. The average Bonchev–Trinajstić information content (AvgIpc) is 2.67. The first-order chi connectivity index (χ1) is 13.1. The van der Waals surface area contributed by atoms with Crippen molar-refractivity contribution < 1.29 is 14.3 Å². The molecule has 1 heterocycles. The Bertz CT molecular complexity index is 617. The molecule has 0 bridgehead atoms. The summed E-state index contributed by atoms with van der Waals surface area (Å²) in [5.74, 6) is 0.986. The van der Waals surface area contributed by atoms with Crippen LogP contribution in [0, 0.1) is 5.92 Å². The van der Waals surface area contributed by atoms with Gasteiger partial charge in [-0.05, 0) is 51.2 Å². The Balaban J connectivity index is 1.91. The maximum atomic E-state index is 12.8. The Kier molecular flexibility index (Phi) is 8.62. The Morgan fingerprint density at radius 2 is 2.00 bits per heavy atom. The molecule has 5 nitrogen and oxygen atoms in total. The number of carbonyl (C=O) groups is 2. The molecule has 1 aromatic carbocycles. The molecule has 1 aliphatic heterocycles. The molecule has 2 unspecified atom stereocenters. The van der Waals surface area contributed by atoms with E-state index in [9.17, 15) is 9.59 Å². The molecule has 2 atom stereocenters. The lowest BCUT2D eigenvalue weighted by molar-refractivity contribution is -0.138. The van der Waals surface area contributed by atoms with E-state index in [0.29, 0.717) is 26.0 Å². The number of hydrogen-bond donors (Lipinski definition) is 1. The average molecular weight is 375 g/mol. The maximum Gasteiger partial charge on any atom is 0.224 e. The van der Waals surface area contributed by atoms with Crippen molar-refractivity contribution in [3.8, 4) is 5.75 Å². The van der Waals surface area contributed by atoms with Gasteiger partial charge in [0.05, 0.1) is 12.5 Å². The number of piperidine rings is 1. The van der Waals surface area contributed by atoms with Gasteiger partial charge >= 0.3 is 0 Å². The number of ether oxygens (including phenoxy) is 1. The highest BCUT2D eigenvalue weighted by Gasteiger charge is 2.32. The van der Waals surface area contributed by atoms with E-state index >= 15 is 0 Å². The second-order valence-electron chi connectivity index (χ2n) is 7.35. The number of amides is 2. The highest BCUT2D eigenvalue weighted by molar-refractivity contribution is 5.81. The third-order valence-corrected chi connectivity index (χ3v) is 5.28. The standard InChI is InChI=1S/C22H34N2O3/c1-4-6-15-23-22(26)19-12-11-17(3)24(16-19)21(25)14-13-18-9-7-8-10-20(18)27-5-2/h7-10,17,19H,4-6,11-16H2,1-3H3,(H,23,26). The molecule has 0 spiro atoms. The predicted molar refractivity (Wildman–Crippen MR) is 108 cm³/mol. The van der Waals surface area contributed by atoms with Gasteiger partial charge in [0.2, 0.25) is 11.8 Å². The fourth-order valence-electron chi connectivity index (χ4n) is 3.59. The van der Waals surface area contributed by atoms with Crippen LogP contribution in [0.3, 0.4) is 0 Å². The van der Waals surface area contributed by atoms with Gasteiger partial charge in [-0.25, -0.2) is 0 Å². The van der Waals surface area contributed by atoms with E-state index in [4.69, 9.17) is 4.74 Å². The zero-order valence-electron chi connectivity index (χ0n) is 17.0. The predicted octanol–water partition coefficient (Wildman–Crippen LogP) is 3.56. The van der Waals surface area contributed by atoms with E-state index in [2.05, 4.69) is 19.2 Å². The van der Waals surface area contributed by atoms with Gasteiger partial charge in [0.25, 0.3) is 0 Å². The molecule has 1 aromatic rings. The van der Waals surface area contributed by atoms with Crippen LogP contribution in [0.2, 0.25) is 0 Å². The summed E-state index contributed by atoms with van der Waals surface area (Å²) < 4.78 is 5.65. The molecule has 0 saturated carbocycles. The minimum absolute atomic E-state index is 0.0854. The Morgan fingerprint density at radius 3 is 2.74 bits per heavy atom. The Morgan fingerprint density at radius 1 is 1.22 bits per heavy atom. The Hall–Kier alpha value is -2.04. The highest BCUT2D eigenvalue weighted by atomic mass is 16.5. The normalized spacial score (nSPS) is 19.6. The third-order valence-electron chi connectivity index (χ3n) is 5.28. The van der Waals surface area contributed by atoms with Crippen molar-refractivity contribution in [2.75, 3.05) is 19.7 Å². The number of para-hydroxylation sites is 1. The number of hydrogen-bond acceptors (Lipinski definition) is 3. The summed E-state index contributed by atoms with van der Waals surface area (Å²) in [6.07, 6.45) is 4.90. The van der Waals surface area contributed by atoms with Gasteiger partial charge < -0.3 is 15.0 Å². The van der Waals surface area contributed by atoms with Gasteiger partial charge in [-0.15, -0.1) is 0 Å². The number of unbranched alkanes of at least 4 members (excludes halogenated alkanes) is 1. The van der Waals surface area contributed by atoms with Crippen LogP contribution >= 0.6 is 0 Å². The van der Waals surface area contributed by atoms with Crippen LogP contribution < -0.4 is 10.1 Å². The summed E-state index contributed by atoms with van der Waals surface area (Å²) in [6, 6.07) is 8.08. The molecule has 27 heavy (non-hydrogen) atoms. The van der Waals surface area contributed by atoms with Gasteiger partial charge in [-0.1, -0.05) is 31.5 Å². The van der Waals surface area contributed by atoms with Gasteiger partial charge in [0.1, 0.15) is 5.75 Å². The van der Waals surface area contributed by atoms with E-state index in [1.165, 1.54) is 0 Å². The lowest BCUT2D eigenvalue weighted by Gasteiger charge is -2.37.